The second-order valence-corrected chi connectivity index (χ2v) is 4.92. The summed E-state index contributed by atoms with van der Waals surface area (Å²) in [5, 5.41) is 3.86. The van der Waals surface area contributed by atoms with Crippen LogP contribution in [0.2, 0.25) is 4.34 Å². The van der Waals surface area contributed by atoms with E-state index in [-0.39, 0.29) is 0 Å². The van der Waals surface area contributed by atoms with E-state index < -0.39 is 0 Å². The second-order valence-electron chi connectivity index (χ2n) is 2.71. The Kier molecular flexibility index (Phi) is 3.56. The SMILES string of the molecule is Clc1snnc1COc1ccccc1Br. The molecule has 1 heterocycles. The molecule has 0 aliphatic heterocycles. The molecule has 0 unspecified atom stereocenters. The molecule has 3 nitrogen and oxygen atoms in total. The average Bonchev–Trinajstić information content (AvgIpc) is 2.63. The number of halogens is 2. The van der Waals surface area contributed by atoms with Crippen LogP contribution in [0.3, 0.4) is 0 Å². The quantitative estimate of drug-likeness (QED) is 0.870. The Labute approximate surface area is 104 Å². The highest BCUT2D eigenvalue weighted by Gasteiger charge is 2.07. The van der Waals surface area contributed by atoms with Crippen LogP contribution in [0.25, 0.3) is 0 Å². The molecule has 0 saturated heterocycles. The van der Waals surface area contributed by atoms with Crippen molar-refractivity contribution in [2.45, 2.75) is 6.61 Å². The standard InChI is InChI=1S/C9H6BrClN2OS/c10-6-3-1-2-4-8(6)14-5-7-9(11)15-13-12-7/h1-4H,5H2. The number of benzene rings is 1. The Hall–Kier alpha value is -0.650. The van der Waals surface area contributed by atoms with Crippen molar-refractivity contribution in [1.29, 1.82) is 0 Å². The van der Waals surface area contributed by atoms with Gasteiger partial charge in [0.1, 0.15) is 22.4 Å². The Balaban J connectivity index is 2.06. The van der Waals surface area contributed by atoms with Gasteiger partial charge in [-0.1, -0.05) is 28.2 Å². The molecule has 2 rings (SSSR count). The molecule has 0 bridgehead atoms. The van der Waals surface area contributed by atoms with Crippen molar-refractivity contribution in [2.75, 3.05) is 0 Å². The van der Waals surface area contributed by atoms with Gasteiger partial charge in [-0.15, -0.1) is 5.10 Å². The summed E-state index contributed by atoms with van der Waals surface area (Å²) in [5.41, 5.74) is 0.664. The Morgan fingerprint density at radius 2 is 2.20 bits per heavy atom. The third kappa shape index (κ3) is 2.68. The van der Waals surface area contributed by atoms with Crippen molar-refractivity contribution in [3.63, 3.8) is 0 Å². The van der Waals surface area contributed by atoms with E-state index in [9.17, 15) is 0 Å². The Morgan fingerprint density at radius 1 is 1.40 bits per heavy atom. The number of para-hydroxylation sites is 1. The van der Waals surface area contributed by atoms with E-state index in [2.05, 4.69) is 25.5 Å². The predicted octanol–water partition coefficient (Wildman–Crippen LogP) is 3.53. The lowest BCUT2D eigenvalue weighted by molar-refractivity contribution is 0.299. The van der Waals surface area contributed by atoms with Gasteiger partial charge in [0.25, 0.3) is 0 Å². The van der Waals surface area contributed by atoms with Crippen LogP contribution >= 0.6 is 39.1 Å². The van der Waals surface area contributed by atoms with E-state index in [0.29, 0.717) is 16.6 Å². The first-order chi connectivity index (χ1) is 7.27. The van der Waals surface area contributed by atoms with Gasteiger partial charge in [-0.3, -0.25) is 0 Å². The van der Waals surface area contributed by atoms with Crippen LogP contribution in [-0.2, 0) is 6.61 Å². The summed E-state index contributed by atoms with van der Waals surface area (Å²) in [6, 6.07) is 7.61. The third-order valence-corrected chi connectivity index (χ3v) is 3.35. The molecule has 0 atom stereocenters. The maximum absolute atomic E-state index is 5.85. The molecule has 0 spiro atoms. The highest BCUT2D eigenvalue weighted by atomic mass is 79.9. The lowest BCUT2D eigenvalue weighted by atomic mass is 10.3. The molecule has 0 amide bonds. The van der Waals surface area contributed by atoms with E-state index >= 15 is 0 Å². The van der Waals surface area contributed by atoms with Crippen LogP contribution in [0, 0.1) is 0 Å². The van der Waals surface area contributed by atoms with Crippen molar-refractivity contribution in [3.05, 3.63) is 38.8 Å². The zero-order valence-corrected chi connectivity index (χ0v) is 10.6. The van der Waals surface area contributed by atoms with Crippen LogP contribution < -0.4 is 4.74 Å². The minimum Gasteiger partial charge on any atom is -0.486 e. The van der Waals surface area contributed by atoms with Gasteiger partial charge in [-0.05, 0) is 28.1 Å². The van der Waals surface area contributed by atoms with E-state index in [1.807, 2.05) is 24.3 Å². The number of rotatable bonds is 3. The van der Waals surface area contributed by atoms with Crippen LogP contribution in [0.15, 0.2) is 28.7 Å². The van der Waals surface area contributed by atoms with Crippen LogP contribution in [-0.4, -0.2) is 9.59 Å². The van der Waals surface area contributed by atoms with Gasteiger partial charge in [0.2, 0.25) is 0 Å². The van der Waals surface area contributed by atoms with Crippen LogP contribution in [0.5, 0.6) is 5.75 Å². The minimum atomic E-state index is 0.331. The summed E-state index contributed by atoms with van der Waals surface area (Å²) in [6.45, 7) is 0.331. The van der Waals surface area contributed by atoms with Crippen LogP contribution in [0.4, 0.5) is 0 Å². The van der Waals surface area contributed by atoms with Gasteiger partial charge in [0.15, 0.2) is 0 Å². The van der Waals surface area contributed by atoms with Crippen molar-refractivity contribution < 1.29 is 4.74 Å². The molecule has 2 aromatic rings. The summed E-state index contributed by atoms with van der Waals surface area (Å²) >= 11 is 10.4. The van der Waals surface area contributed by atoms with Crippen LogP contribution in [0.1, 0.15) is 5.69 Å². The summed E-state index contributed by atoms with van der Waals surface area (Å²) in [4.78, 5) is 0. The summed E-state index contributed by atoms with van der Waals surface area (Å²) < 4.78 is 10.7. The molecule has 1 aromatic carbocycles. The fourth-order valence-electron chi connectivity index (χ4n) is 0.991. The molecule has 0 radical (unpaired) electrons. The highest BCUT2D eigenvalue weighted by Crippen LogP contribution is 2.26. The van der Waals surface area contributed by atoms with Crippen molar-refractivity contribution in [3.8, 4) is 5.75 Å². The first-order valence-electron chi connectivity index (χ1n) is 4.11. The zero-order chi connectivity index (χ0) is 10.7. The molecule has 0 fully saturated rings. The summed E-state index contributed by atoms with van der Waals surface area (Å²) in [5.74, 6) is 0.765. The second kappa shape index (κ2) is 4.92. The van der Waals surface area contributed by atoms with Gasteiger partial charge < -0.3 is 4.74 Å². The summed E-state index contributed by atoms with van der Waals surface area (Å²) in [6.07, 6.45) is 0. The van der Waals surface area contributed by atoms with E-state index in [1.165, 1.54) is 0 Å². The Morgan fingerprint density at radius 3 is 2.87 bits per heavy atom. The monoisotopic (exact) mass is 304 g/mol. The molecule has 6 heteroatoms. The average molecular weight is 306 g/mol. The van der Waals surface area contributed by atoms with E-state index in [0.717, 1.165) is 21.8 Å². The number of hydrogen-bond acceptors (Lipinski definition) is 4. The first-order valence-corrected chi connectivity index (χ1v) is 6.06. The highest BCUT2D eigenvalue weighted by molar-refractivity contribution is 9.10. The molecular weight excluding hydrogens is 300 g/mol. The number of ether oxygens (including phenoxy) is 1. The molecule has 1 aromatic heterocycles. The van der Waals surface area contributed by atoms with Gasteiger partial charge in [0.05, 0.1) is 4.47 Å². The lowest BCUT2D eigenvalue weighted by Crippen LogP contribution is -1.96. The number of aromatic nitrogens is 2. The molecule has 0 aliphatic carbocycles. The first kappa shape index (κ1) is 10.9. The van der Waals surface area contributed by atoms with Crippen molar-refractivity contribution >= 4 is 39.1 Å². The molecule has 15 heavy (non-hydrogen) atoms. The maximum Gasteiger partial charge on any atom is 0.141 e. The van der Waals surface area contributed by atoms with Gasteiger partial charge in [-0.2, -0.15) is 0 Å². The Bertz CT molecular complexity index is 463. The van der Waals surface area contributed by atoms with Gasteiger partial charge in [0, 0.05) is 11.5 Å². The predicted molar refractivity (Wildman–Crippen MR) is 63.4 cm³/mol. The number of hydrogen-bond donors (Lipinski definition) is 0. The van der Waals surface area contributed by atoms with E-state index in [1.54, 1.807) is 0 Å². The fraction of sp³-hybridized carbons (Fsp3) is 0.111. The largest absolute Gasteiger partial charge is 0.486 e. The summed E-state index contributed by atoms with van der Waals surface area (Å²) in [7, 11) is 0. The third-order valence-electron chi connectivity index (χ3n) is 1.71. The van der Waals surface area contributed by atoms with Crippen molar-refractivity contribution in [2.24, 2.45) is 0 Å². The van der Waals surface area contributed by atoms with Gasteiger partial charge in [-0.25, -0.2) is 0 Å². The zero-order valence-electron chi connectivity index (χ0n) is 7.48. The maximum atomic E-state index is 5.85. The molecule has 0 N–H and O–H groups in total. The topological polar surface area (TPSA) is 35.0 Å². The lowest BCUT2D eigenvalue weighted by Gasteiger charge is -2.05. The normalized spacial score (nSPS) is 10.3. The van der Waals surface area contributed by atoms with E-state index in [4.69, 9.17) is 16.3 Å². The molecule has 78 valence electrons. The number of nitrogens with zero attached hydrogens (tertiary/aromatic N) is 2. The molecule has 0 aliphatic rings. The fourth-order valence-corrected chi connectivity index (χ4v) is 1.99. The molecule has 0 saturated carbocycles. The molecular formula is C9H6BrClN2OS. The van der Waals surface area contributed by atoms with Crippen molar-refractivity contribution in [1.82, 2.24) is 9.59 Å². The minimum absolute atomic E-state index is 0.331. The van der Waals surface area contributed by atoms with Gasteiger partial charge >= 0.3 is 0 Å². The smallest absolute Gasteiger partial charge is 0.141 e.